The monoisotopic (exact) mass is 358 g/mol. The maximum atomic E-state index is 5.51. The van der Waals surface area contributed by atoms with Gasteiger partial charge < -0.3 is 15.0 Å². The number of hydrogen-bond donors (Lipinski definition) is 1. The van der Waals surface area contributed by atoms with Gasteiger partial charge in [0.15, 0.2) is 5.96 Å². The summed E-state index contributed by atoms with van der Waals surface area (Å²) in [4.78, 5) is 9.76. The Morgan fingerprint density at radius 3 is 2.92 bits per heavy atom. The molecule has 2 unspecified atom stereocenters. The summed E-state index contributed by atoms with van der Waals surface area (Å²) in [6.07, 6.45) is 2.30. The first-order chi connectivity index (χ1) is 12.7. The fourth-order valence-electron chi connectivity index (χ4n) is 3.90. The van der Waals surface area contributed by atoms with Crippen molar-refractivity contribution >= 4 is 5.96 Å². The molecule has 0 saturated carbocycles. The van der Waals surface area contributed by atoms with Crippen molar-refractivity contribution in [2.24, 2.45) is 10.9 Å². The van der Waals surface area contributed by atoms with E-state index in [0.29, 0.717) is 12.0 Å². The van der Waals surface area contributed by atoms with Crippen LogP contribution in [0.25, 0.3) is 0 Å². The van der Waals surface area contributed by atoms with E-state index in [2.05, 4.69) is 60.3 Å². The Kier molecular flexibility index (Phi) is 6.92. The van der Waals surface area contributed by atoms with Crippen LogP contribution in [0.2, 0.25) is 0 Å². The number of aliphatic imine (C=N–C) groups is 1. The van der Waals surface area contributed by atoms with Crippen LogP contribution in [0.3, 0.4) is 0 Å². The van der Waals surface area contributed by atoms with Gasteiger partial charge in [-0.05, 0) is 37.8 Å². The highest BCUT2D eigenvalue weighted by atomic mass is 16.5. The lowest BCUT2D eigenvalue weighted by molar-refractivity contribution is 0.181. The molecule has 0 aliphatic carbocycles. The lowest BCUT2D eigenvalue weighted by Gasteiger charge is -2.33. The van der Waals surface area contributed by atoms with Gasteiger partial charge in [-0.15, -0.1) is 0 Å². The molecule has 1 aromatic carbocycles. The Morgan fingerprint density at radius 1 is 1.38 bits per heavy atom. The third-order valence-electron chi connectivity index (χ3n) is 5.54. The normalized spacial score (nSPS) is 22.1. The van der Waals surface area contributed by atoms with Gasteiger partial charge in [-0.2, -0.15) is 0 Å². The standard InChI is InChI=1S/C21H34N4O/c1-4-22-21(24(3)14-18-10-12-26-16-18)23-13-17(2)25-11-9-19-7-5-6-8-20(19)15-25/h5-8,17-18H,4,9-16H2,1-3H3,(H,22,23). The van der Waals surface area contributed by atoms with Gasteiger partial charge in [-0.3, -0.25) is 9.89 Å². The molecule has 1 saturated heterocycles. The molecule has 5 heteroatoms. The lowest BCUT2D eigenvalue weighted by Crippen LogP contribution is -2.43. The van der Waals surface area contributed by atoms with Crippen molar-refractivity contribution in [3.8, 4) is 0 Å². The molecule has 2 aliphatic rings. The van der Waals surface area contributed by atoms with E-state index >= 15 is 0 Å². The van der Waals surface area contributed by atoms with E-state index in [4.69, 9.17) is 9.73 Å². The van der Waals surface area contributed by atoms with Gasteiger partial charge in [0.1, 0.15) is 0 Å². The van der Waals surface area contributed by atoms with E-state index in [1.54, 1.807) is 0 Å². The number of ether oxygens (including phenoxy) is 1. The van der Waals surface area contributed by atoms with E-state index in [1.807, 2.05) is 0 Å². The topological polar surface area (TPSA) is 40.1 Å². The highest BCUT2D eigenvalue weighted by molar-refractivity contribution is 5.79. The fourth-order valence-corrected chi connectivity index (χ4v) is 3.90. The zero-order chi connectivity index (χ0) is 18.4. The van der Waals surface area contributed by atoms with E-state index in [9.17, 15) is 0 Å². The molecule has 144 valence electrons. The molecule has 1 N–H and O–H groups in total. The Hall–Kier alpha value is -1.59. The summed E-state index contributed by atoms with van der Waals surface area (Å²) in [5, 5.41) is 3.45. The van der Waals surface area contributed by atoms with E-state index in [1.165, 1.54) is 11.1 Å². The van der Waals surface area contributed by atoms with Crippen LogP contribution in [0.4, 0.5) is 0 Å². The molecule has 2 heterocycles. The summed E-state index contributed by atoms with van der Waals surface area (Å²) in [6.45, 7) is 11.1. The number of nitrogens with zero attached hydrogens (tertiary/aromatic N) is 3. The largest absolute Gasteiger partial charge is 0.381 e. The van der Waals surface area contributed by atoms with Crippen molar-refractivity contribution in [1.82, 2.24) is 15.1 Å². The van der Waals surface area contributed by atoms with Crippen molar-refractivity contribution in [2.45, 2.75) is 39.3 Å². The minimum absolute atomic E-state index is 0.445. The van der Waals surface area contributed by atoms with Gasteiger partial charge in [-0.1, -0.05) is 24.3 Å². The van der Waals surface area contributed by atoms with E-state index in [0.717, 1.165) is 64.7 Å². The Morgan fingerprint density at radius 2 is 2.19 bits per heavy atom. The van der Waals surface area contributed by atoms with Crippen LogP contribution in [-0.4, -0.2) is 68.2 Å². The molecule has 0 aromatic heterocycles. The summed E-state index contributed by atoms with van der Waals surface area (Å²) < 4.78 is 5.51. The number of fused-ring (bicyclic) bond motifs is 1. The van der Waals surface area contributed by atoms with Crippen LogP contribution in [0.15, 0.2) is 29.3 Å². The van der Waals surface area contributed by atoms with Gasteiger partial charge in [0.25, 0.3) is 0 Å². The van der Waals surface area contributed by atoms with Crippen molar-refractivity contribution in [3.05, 3.63) is 35.4 Å². The average molecular weight is 359 g/mol. The molecular weight excluding hydrogens is 324 g/mol. The summed E-state index contributed by atoms with van der Waals surface area (Å²) in [5.74, 6) is 1.64. The van der Waals surface area contributed by atoms with Gasteiger partial charge in [0, 0.05) is 51.8 Å². The molecule has 1 aromatic rings. The quantitative estimate of drug-likeness (QED) is 0.626. The second kappa shape index (κ2) is 9.38. The second-order valence-corrected chi connectivity index (χ2v) is 7.64. The highest BCUT2D eigenvalue weighted by Gasteiger charge is 2.21. The molecule has 1 fully saturated rings. The third kappa shape index (κ3) is 4.98. The van der Waals surface area contributed by atoms with Crippen LogP contribution < -0.4 is 5.32 Å². The van der Waals surface area contributed by atoms with Crippen molar-refractivity contribution in [1.29, 1.82) is 0 Å². The summed E-state index contributed by atoms with van der Waals surface area (Å²) in [5.41, 5.74) is 2.98. The zero-order valence-corrected chi connectivity index (χ0v) is 16.6. The van der Waals surface area contributed by atoms with Crippen LogP contribution in [0, 0.1) is 5.92 Å². The lowest BCUT2D eigenvalue weighted by atomic mass is 9.99. The maximum absolute atomic E-state index is 5.51. The Bertz CT molecular complexity index is 597. The molecule has 5 nitrogen and oxygen atoms in total. The molecule has 2 atom stereocenters. The first kappa shape index (κ1) is 19.2. The first-order valence-corrected chi connectivity index (χ1v) is 10.1. The van der Waals surface area contributed by atoms with Crippen molar-refractivity contribution < 1.29 is 4.74 Å². The zero-order valence-electron chi connectivity index (χ0n) is 16.6. The summed E-state index contributed by atoms with van der Waals surface area (Å²) >= 11 is 0. The molecule has 0 amide bonds. The van der Waals surface area contributed by atoms with Gasteiger partial charge in [0.2, 0.25) is 0 Å². The van der Waals surface area contributed by atoms with Crippen LogP contribution in [-0.2, 0) is 17.7 Å². The minimum atomic E-state index is 0.445. The smallest absolute Gasteiger partial charge is 0.193 e. The third-order valence-corrected chi connectivity index (χ3v) is 5.54. The van der Waals surface area contributed by atoms with Gasteiger partial charge >= 0.3 is 0 Å². The summed E-state index contributed by atoms with van der Waals surface area (Å²) in [7, 11) is 2.14. The maximum Gasteiger partial charge on any atom is 0.193 e. The van der Waals surface area contributed by atoms with E-state index in [-0.39, 0.29) is 0 Å². The number of nitrogens with one attached hydrogen (secondary N) is 1. The minimum Gasteiger partial charge on any atom is -0.381 e. The molecule has 0 bridgehead atoms. The number of rotatable bonds is 6. The van der Waals surface area contributed by atoms with Gasteiger partial charge in [0.05, 0.1) is 13.2 Å². The predicted molar refractivity (Wildman–Crippen MR) is 108 cm³/mol. The molecule has 26 heavy (non-hydrogen) atoms. The Labute approximate surface area is 158 Å². The van der Waals surface area contributed by atoms with Gasteiger partial charge in [-0.25, -0.2) is 0 Å². The van der Waals surface area contributed by atoms with Crippen LogP contribution in [0.5, 0.6) is 0 Å². The molecular formula is C21H34N4O. The number of guanidine groups is 1. The number of benzene rings is 1. The molecule has 0 radical (unpaired) electrons. The van der Waals surface area contributed by atoms with Crippen LogP contribution in [0.1, 0.15) is 31.4 Å². The van der Waals surface area contributed by atoms with Crippen molar-refractivity contribution in [2.75, 3.05) is 46.4 Å². The molecule has 2 aliphatic heterocycles. The van der Waals surface area contributed by atoms with Crippen LogP contribution >= 0.6 is 0 Å². The van der Waals surface area contributed by atoms with Crippen molar-refractivity contribution in [3.63, 3.8) is 0 Å². The highest BCUT2D eigenvalue weighted by Crippen LogP contribution is 2.20. The summed E-state index contributed by atoms with van der Waals surface area (Å²) in [6, 6.07) is 9.27. The average Bonchev–Trinajstić information content (AvgIpc) is 3.17. The first-order valence-electron chi connectivity index (χ1n) is 10.1. The predicted octanol–water partition coefficient (Wildman–Crippen LogP) is 2.37. The SMILES string of the molecule is CCNC(=NCC(C)N1CCc2ccccc2C1)N(C)CC1CCOC1. The van der Waals surface area contributed by atoms with E-state index < -0.39 is 0 Å². The second-order valence-electron chi connectivity index (χ2n) is 7.64. The Balaban J connectivity index is 1.56. The number of hydrogen-bond acceptors (Lipinski definition) is 3. The molecule has 0 spiro atoms. The fraction of sp³-hybridized carbons (Fsp3) is 0.667. The molecule has 3 rings (SSSR count).